The van der Waals surface area contributed by atoms with Gasteiger partial charge in [0, 0.05) is 24.5 Å². The fourth-order valence-electron chi connectivity index (χ4n) is 1.72. The third kappa shape index (κ3) is 2.58. The van der Waals surface area contributed by atoms with E-state index < -0.39 is 5.82 Å². The molecule has 1 aliphatic carbocycles. The predicted molar refractivity (Wildman–Crippen MR) is 71.6 cm³/mol. The summed E-state index contributed by atoms with van der Waals surface area (Å²) in [5.41, 5.74) is 0.0336. The SMILES string of the molecule is CNc1nccc(C(=O)NCC2(SC)CC2)c1F. The number of carbonyl (C=O) groups excluding carboxylic acids is 1. The van der Waals surface area contributed by atoms with E-state index in [4.69, 9.17) is 0 Å². The van der Waals surface area contributed by atoms with Crippen molar-refractivity contribution in [1.82, 2.24) is 10.3 Å². The predicted octanol–water partition coefficient (Wildman–Crippen LogP) is 1.89. The summed E-state index contributed by atoms with van der Waals surface area (Å²) in [6.07, 6.45) is 5.67. The first-order valence-electron chi connectivity index (χ1n) is 5.77. The number of thioether (sulfide) groups is 1. The van der Waals surface area contributed by atoms with Crippen LogP contribution in [0, 0.1) is 5.82 Å². The molecule has 1 aliphatic rings. The molecule has 0 bridgehead atoms. The molecule has 0 atom stereocenters. The molecule has 0 unspecified atom stereocenters. The quantitative estimate of drug-likeness (QED) is 0.857. The van der Waals surface area contributed by atoms with Crippen LogP contribution < -0.4 is 10.6 Å². The minimum absolute atomic E-state index is 0.0336. The van der Waals surface area contributed by atoms with Crippen molar-refractivity contribution in [2.24, 2.45) is 0 Å². The molecule has 0 aromatic carbocycles. The standard InChI is InChI=1S/C12H16FN3OS/c1-14-10-9(13)8(3-6-15-10)11(17)16-7-12(18-2)4-5-12/h3,6H,4-5,7H2,1-2H3,(H,14,15)(H,16,17). The van der Waals surface area contributed by atoms with Crippen LogP contribution in [0.2, 0.25) is 0 Å². The molecule has 0 saturated heterocycles. The third-order valence-electron chi connectivity index (χ3n) is 3.18. The maximum atomic E-state index is 13.8. The smallest absolute Gasteiger partial charge is 0.254 e. The summed E-state index contributed by atoms with van der Waals surface area (Å²) in [6, 6.07) is 1.39. The van der Waals surface area contributed by atoms with Crippen molar-refractivity contribution in [1.29, 1.82) is 0 Å². The molecular formula is C12H16FN3OS. The van der Waals surface area contributed by atoms with Gasteiger partial charge in [0.05, 0.1) is 5.56 Å². The molecule has 0 aliphatic heterocycles. The Bertz CT molecular complexity index is 463. The number of carbonyl (C=O) groups is 1. The van der Waals surface area contributed by atoms with Crippen LogP contribution in [0.1, 0.15) is 23.2 Å². The second-order valence-electron chi connectivity index (χ2n) is 4.34. The van der Waals surface area contributed by atoms with Gasteiger partial charge in [-0.1, -0.05) is 0 Å². The van der Waals surface area contributed by atoms with Gasteiger partial charge in [0.15, 0.2) is 11.6 Å². The monoisotopic (exact) mass is 269 g/mol. The number of anilines is 1. The van der Waals surface area contributed by atoms with Gasteiger partial charge in [-0.05, 0) is 25.2 Å². The van der Waals surface area contributed by atoms with E-state index >= 15 is 0 Å². The second-order valence-corrected chi connectivity index (χ2v) is 5.62. The minimum atomic E-state index is -0.605. The normalized spacial score (nSPS) is 16.2. The van der Waals surface area contributed by atoms with Gasteiger partial charge in [0.25, 0.3) is 5.91 Å². The molecular weight excluding hydrogens is 253 g/mol. The highest BCUT2D eigenvalue weighted by atomic mass is 32.2. The van der Waals surface area contributed by atoms with Gasteiger partial charge in [0.2, 0.25) is 0 Å². The zero-order chi connectivity index (χ0) is 13.2. The highest BCUT2D eigenvalue weighted by Gasteiger charge is 2.42. The van der Waals surface area contributed by atoms with Crippen LogP contribution in [0.25, 0.3) is 0 Å². The largest absolute Gasteiger partial charge is 0.371 e. The van der Waals surface area contributed by atoms with E-state index in [9.17, 15) is 9.18 Å². The van der Waals surface area contributed by atoms with E-state index in [1.54, 1.807) is 18.8 Å². The van der Waals surface area contributed by atoms with Crippen molar-refractivity contribution >= 4 is 23.5 Å². The first-order valence-corrected chi connectivity index (χ1v) is 7.00. The Kier molecular flexibility index (Phi) is 3.75. The van der Waals surface area contributed by atoms with Crippen LogP contribution in [0.3, 0.4) is 0 Å². The van der Waals surface area contributed by atoms with Gasteiger partial charge < -0.3 is 10.6 Å². The van der Waals surface area contributed by atoms with Crippen LogP contribution in [-0.4, -0.2) is 35.5 Å². The van der Waals surface area contributed by atoms with E-state index in [0.29, 0.717) is 6.54 Å². The summed E-state index contributed by atoms with van der Waals surface area (Å²) in [4.78, 5) is 15.7. The number of hydrogen-bond donors (Lipinski definition) is 2. The van der Waals surface area contributed by atoms with Crippen LogP contribution in [0.15, 0.2) is 12.3 Å². The first kappa shape index (κ1) is 13.1. The lowest BCUT2D eigenvalue weighted by Crippen LogP contribution is -2.32. The molecule has 4 nitrogen and oxygen atoms in total. The fourth-order valence-corrected chi connectivity index (χ4v) is 2.45. The first-order chi connectivity index (χ1) is 8.62. The van der Waals surface area contributed by atoms with Crippen LogP contribution in [0.5, 0.6) is 0 Å². The highest BCUT2D eigenvalue weighted by Crippen LogP contribution is 2.46. The minimum Gasteiger partial charge on any atom is -0.371 e. The average Bonchev–Trinajstić information content (AvgIpc) is 3.17. The molecule has 1 amide bonds. The van der Waals surface area contributed by atoms with Crippen LogP contribution >= 0.6 is 11.8 Å². The lowest BCUT2D eigenvalue weighted by molar-refractivity contribution is 0.0949. The number of nitrogens with zero attached hydrogens (tertiary/aromatic N) is 1. The Morgan fingerprint density at radius 2 is 2.33 bits per heavy atom. The maximum Gasteiger partial charge on any atom is 0.254 e. The number of pyridine rings is 1. The average molecular weight is 269 g/mol. The van der Waals surface area contributed by atoms with Crippen LogP contribution in [0.4, 0.5) is 10.2 Å². The molecule has 1 fully saturated rings. The molecule has 0 spiro atoms. The van der Waals surface area contributed by atoms with Crippen molar-refractivity contribution < 1.29 is 9.18 Å². The number of hydrogen-bond acceptors (Lipinski definition) is 4. The number of halogens is 1. The fraction of sp³-hybridized carbons (Fsp3) is 0.500. The summed E-state index contributed by atoms with van der Waals surface area (Å²) < 4.78 is 14.0. The van der Waals surface area contributed by atoms with E-state index in [-0.39, 0.29) is 22.0 Å². The molecule has 0 radical (unpaired) electrons. The van der Waals surface area contributed by atoms with Gasteiger partial charge in [-0.2, -0.15) is 11.8 Å². The summed E-state index contributed by atoms with van der Waals surface area (Å²) in [7, 11) is 1.57. The Morgan fingerprint density at radius 3 is 2.89 bits per heavy atom. The van der Waals surface area contributed by atoms with E-state index in [1.807, 2.05) is 6.26 Å². The summed E-state index contributed by atoms with van der Waals surface area (Å²) in [5, 5.41) is 5.41. The molecule has 1 aromatic rings. The molecule has 1 heterocycles. The van der Waals surface area contributed by atoms with Crippen LogP contribution in [-0.2, 0) is 0 Å². The molecule has 1 saturated carbocycles. The third-order valence-corrected chi connectivity index (χ3v) is 4.60. The summed E-state index contributed by atoms with van der Waals surface area (Å²) >= 11 is 1.75. The zero-order valence-corrected chi connectivity index (χ0v) is 11.2. The topological polar surface area (TPSA) is 54.0 Å². The highest BCUT2D eigenvalue weighted by molar-refractivity contribution is 8.00. The van der Waals surface area contributed by atoms with Gasteiger partial charge >= 0.3 is 0 Å². The van der Waals surface area contributed by atoms with Crippen molar-refractivity contribution in [3.8, 4) is 0 Å². The molecule has 2 rings (SSSR count). The molecule has 98 valence electrons. The number of rotatable bonds is 5. The summed E-state index contributed by atoms with van der Waals surface area (Å²) in [5.74, 6) is -0.896. The molecule has 2 N–H and O–H groups in total. The number of aromatic nitrogens is 1. The lowest BCUT2D eigenvalue weighted by Gasteiger charge is -2.13. The summed E-state index contributed by atoms with van der Waals surface area (Å²) in [6.45, 7) is 0.587. The van der Waals surface area contributed by atoms with Gasteiger partial charge in [0.1, 0.15) is 0 Å². The van der Waals surface area contributed by atoms with Crippen molar-refractivity contribution in [3.05, 3.63) is 23.6 Å². The van der Waals surface area contributed by atoms with Gasteiger partial charge in [-0.15, -0.1) is 0 Å². The second kappa shape index (κ2) is 5.14. The maximum absolute atomic E-state index is 13.8. The van der Waals surface area contributed by atoms with Crippen molar-refractivity contribution in [2.45, 2.75) is 17.6 Å². The molecule has 18 heavy (non-hydrogen) atoms. The lowest BCUT2D eigenvalue weighted by atomic mass is 10.2. The van der Waals surface area contributed by atoms with Crippen molar-refractivity contribution in [2.75, 3.05) is 25.2 Å². The van der Waals surface area contributed by atoms with E-state index in [2.05, 4.69) is 15.6 Å². The molecule has 1 aromatic heterocycles. The van der Waals surface area contributed by atoms with Gasteiger partial charge in [-0.25, -0.2) is 9.37 Å². The van der Waals surface area contributed by atoms with Gasteiger partial charge in [-0.3, -0.25) is 4.79 Å². The van der Waals surface area contributed by atoms with E-state index in [0.717, 1.165) is 12.8 Å². The van der Waals surface area contributed by atoms with E-state index in [1.165, 1.54) is 12.3 Å². The van der Waals surface area contributed by atoms with Crippen molar-refractivity contribution in [3.63, 3.8) is 0 Å². The Hall–Kier alpha value is -1.30. The molecule has 6 heteroatoms. The number of amides is 1. The Labute approximate surface area is 110 Å². The Balaban J connectivity index is 2.05. The zero-order valence-electron chi connectivity index (χ0n) is 10.4. The number of nitrogens with one attached hydrogen (secondary N) is 2. The Morgan fingerprint density at radius 1 is 1.61 bits per heavy atom.